The predicted molar refractivity (Wildman–Crippen MR) is 59.4 cm³/mol. The van der Waals surface area contributed by atoms with Gasteiger partial charge in [-0.1, -0.05) is 23.8 Å². The number of benzene rings is 1. The number of hydrogen-bond acceptors (Lipinski definition) is 1. The summed E-state index contributed by atoms with van der Waals surface area (Å²) in [7, 11) is 1.75. The zero-order chi connectivity index (χ0) is 12.2. The number of hydrogen-bond donors (Lipinski definition) is 1. The molecule has 5 heteroatoms. The van der Waals surface area contributed by atoms with Crippen LogP contribution in [0, 0.1) is 0 Å². The molecule has 1 nitrogen and oxygen atoms in total. The largest absolute Gasteiger partial charge is 0.416 e. The Morgan fingerprint density at radius 1 is 1.31 bits per heavy atom. The Morgan fingerprint density at radius 3 is 2.56 bits per heavy atom. The molecule has 0 unspecified atom stereocenters. The summed E-state index contributed by atoms with van der Waals surface area (Å²) in [6.45, 7) is 0.591. The van der Waals surface area contributed by atoms with Crippen molar-refractivity contribution in [1.82, 2.24) is 5.32 Å². The van der Waals surface area contributed by atoms with Gasteiger partial charge in [-0.2, -0.15) is 13.2 Å². The van der Waals surface area contributed by atoms with Crippen LogP contribution in [-0.2, 0) is 6.18 Å². The minimum absolute atomic E-state index is 0.0823. The SMILES string of the molecule is CNCC=Cc1cc(Cl)cc(C(F)(F)F)c1. The van der Waals surface area contributed by atoms with Crippen LogP contribution in [0.3, 0.4) is 0 Å². The second-order valence-electron chi connectivity index (χ2n) is 3.23. The second kappa shape index (κ2) is 5.37. The van der Waals surface area contributed by atoms with Crippen LogP contribution in [0.5, 0.6) is 0 Å². The number of rotatable bonds is 3. The topological polar surface area (TPSA) is 12.0 Å². The van der Waals surface area contributed by atoms with Crippen molar-refractivity contribution < 1.29 is 13.2 Å². The Bertz CT molecular complexity index is 385. The fourth-order valence-corrected chi connectivity index (χ4v) is 1.43. The van der Waals surface area contributed by atoms with Crippen LogP contribution in [0.2, 0.25) is 5.02 Å². The summed E-state index contributed by atoms with van der Waals surface area (Å²) in [5.41, 5.74) is -0.292. The summed E-state index contributed by atoms with van der Waals surface area (Å²) in [4.78, 5) is 0. The molecule has 0 saturated heterocycles. The lowest BCUT2D eigenvalue weighted by Crippen LogP contribution is -2.05. The van der Waals surface area contributed by atoms with Gasteiger partial charge in [0.15, 0.2) is 0 Å². The zero-order valence-corrected chi connectivity index (χ0v) is 9.36. The normalized spacial score (nSPS) is 12.3. The van der Waals surface area contributed by atoms with Crippen LogP contribution in [0.1, 0.15) is 11.1 Å². The molecule has 0 atom stereocenters. The van der Waals surface area contributed by atoms with E-state index >= 15 is 0 Å². The van der Waals surface area contributed by atoms with Crippen LogP contribution in [-0.4, -0.2) is 13.6 Å². The first-order valence-electron chi connectivity index (χ1n) is 4.62. The fourth-order valence-electron chi connectivity index (χ4n) is 1.19. The zero-order valence-electron chi connectivity index (χ0n) is 8.61. The first kappa shape index (κ1) is 13.1. The minimum Gasteiger partial charge on any atom is -0.316 e. The molecule has 0 aliphatic heterocycles. The molecule has 0 aromatic heterocycles. The van der Waals surface area contributed by atoms with Crippen molar-refractivity contribution in [3.63, 3.8) is 0 Å². The molecule has 16 heavy (non-hydrogen) atoms. The van der Waals surface area contributed by atoms with Gasteiger partial charge in [0, 0.05) is 11.6 Å². The first-order chi connectivity index (χ1) is 7.43. The molecule has 0 spiro atoms. The van der Waals surface area contributed by atoms with E-state index in [2.05, 4.69) is 5.32 Å². The van der Waals surface area contributed by atoms with Gasteiger partial charge in [-0.15, -0.1) is 0 Å². The van der Waals surface area contributed by atoms with E-state index in [0.717, 1.165) is 12.1 Å². The first-order valence-corrected chi connectivity index (χ1v) is 5.00. The van der Waals surface area contributed by atoms with E-state index in [-0.39, 0.29) is 5.02 Å². The van der Waals surface area contributed by atoms with Gasteiger partial charge in [0.2, 0.25) is 0 Å². The maximum Gasteiger partial charge on any atom is 0.416 e. The Morgan fingerprint density at radius 2 is 2.00 bits per heavy atom. The lowest BCUT2D eigenvalue weighted by atomic mass is 10.1. The molecule has 0 aliphatic carbocycles. The van der Waals surface area contributed by atoms with Gasteiger partial charge in [0.05, 0.1) is 5.56 Å². The molecule has 0 amide bonds. The Hall–Kier alpha value is -1.00. The highest BCUT2D eigenvalue weighted by Crippen LogP contribution is 2.32. The molecular weight excluding hydrogens is 239 g/mol. The molecule has 0 fully saturated rings. The van der Waals surface area contributed by atoms with E-state index in [1.165, 1.54) is 6.07 Å². The summed E-state index contributed by atoms with van der Waals surface area (Å²) < 4.78 is 37.3. The quantitative estimate of drug-likeness (QED) is 0.863. The fraction of sp³-hybridized carbons (Fsp3) is 0.273. The summed E-state index contributed by atoms with van der Waals surface area (Å²) >= 11 is 5.62. The third-order valence-corrected chi connectivity index (χ3v) is 2.10. The Kier molecular flexibility index (Phi) is 4.38. The molecule has 1 aromatic carbocycles. The average Bonchev–Trinajstić information content (AvgIpc) is 2.16. The number of halogens is 4. The standard InChI is InChI=1S/C11H11ClF3N/c1-16-4-2-3-8-5-9(11(13,14)15)7-10(12)6-8/h2-3,5-7,16H,4H2,1H3. The number of nitrogens with one attached hydrogen (secondary N) is 1. The minimum atomic E-state index is -4.36. The van der Waals surface area contributed by atoms with E-state index in [4.69, 9.17) is 11.6 Å². The molecule has 0 heterocycles. The van der Waals surface area contributed by atoms with Gasteiger partial charge in [-0.3, -0.25) is 0 Å². The van der Waals surface area contributed by atoms with Crippen molar-refractivity contribution in [3.05, 3.63) is 40.4 Å². The second-order valence-corrected chi connectivity index (χ2v) is 3.67. The molecule has 0 radical (unpaired) electrons. The molecule has 1 rings (SSSR count). The molecule has 1 aromatic rings. The van der Waals surface area contributed by atoms with Crippen LogP contribution < -0.4 is 5.32 Å². The highest BCUT2D eigenvalue weighted by atomic mass is 35.5. The third-order valence-electron chi connectivity index (χ3n) is 1.88. The molecule has 0 saturated carbocycles. The molecule has 88 valence electrons. The Balaban J connectivity index is 2.99. The van der Waals surface area contributed by atoms with Gasteiger partial charge in [0.25, 0.3) is 0 Å². The van der Waals surface area contributed by atoms with Crippen LogP contribution in [0.25, 0.3) is 6.08 Å². The van der Waals surface area contributed by atoms with Gasteiger partial charge >= 0.3 is 6.18 Å². The van der Waals surface area contributed by atoms with Crippen molar-refractivity contribution in [2.24, 2.45) is 0 Å². The van der Waals surface area contributed by atoms with Gasteiger partial charge in [0.1, 0.15) is 0 Å². The van der Waals surface area contributed by atoms with E-state index in [9.17, 15) is 13.2 Å². The molecule has 0 aliphatic rings. The van der Waals surface area contributed by atoms with Crippen molar-refractivity contribution in [2.75, 3.05) is 13.6 Å². The highest BCUT2D eigenvalue weighted by molar-refractivity contribution is 6.30. The smallest absolute Gasteiger partial charge is 0.316 e. The monoisotopic (exact) mass is 249 g/mol. The van der Waals surface area contributed by atoms with Crippen molar-refractivity contribution in [1.29, 1.82) is 0 Å². The van der Waals surface area contributed by atoms with Gasteiger partial charge < -0.3 is 5.32 Å². The van der Waals surface area contributed by atoms with E-state index < -0.39 is 11.7 Å². The summed E-state index contributed by atoms with van der Waals surface area (Å²) in [5.74, 6) is 0. The van der Waals surface area contributed by atoms with Gasteiger partial charge in [-0.25, -0.2) is 0 Å². The van der Waals surface area contributed by atoms with E-state index in [0.29, 0.717) is 12.1 Å². The summed E-state index contributed by atoms with van der Waals surface area (Å²) in [5, 5.41) is 2.94. The number of alkyl halides is 3. The lowest BCUT2D eigenvalue weighted by molar-refractivity contribution is -0.137. The van der Waals surface area contributed by atoms with E-state index in [1.54, 1.807) is 19.2 Å². The maximum absolute atomic E-state index is 12.4. The molecule has 0 bridgehead atoms. The lowest BCUT2D eigenvalue weighted by Gasteiger charge is -2.08. The highest BCUT2D eigenvalue weighted by Gasteiger charge is 2.30. The van der Waals surface area contributed by atoms with Gasteiger partial charge in [-0.05, 0) is 30.8 Å². The van der Waals surface area contributed by atoms with E-state index in [1.807, 2.05) is 0 Å². The number of likely N-dealkylation sites (N-methyl/N-ethyl adjacent to an activating group) is 1. The average molecular weight is 250 g/mol. The summed E-state index contributed by atoms with van der Waals surface area (Å²) in [6, 6.07) is 3.47. The predicted octanol–water partition coefficient (Wildman–Crippen LogP) is 3.59. The maximum atomic E-state index is 12.4. The summed E-state index contributed by atoms with van der Waals surface area (Å²) in [6.07, 6.45) is -1.04. The van der Waals surface area contributed by atoms with Crippen LogP contribution in [0.4, 0.5) is 13.2 Å². The van der Waals surface area contributed by atoms with Crippen LogP contribution in [0.15, 0.2) is 24.3 Å². The Labute approximate surface area is 96.9 Å². The van der Waals surface area contributed by atoms with Crippen LogP contribution >= 0.6 is 11.6 Å². The van der Waals surface area contributed by atoms with Crippen molar-refractivity contribution in [3.8, 4) is 0 Å². The molecule has 1 N–H and O–H groups in total. The third kappa shape index (κ3) is 3.87. The van der Waals surface area contributed by atoms with Crippen molar-refractivity contribution in [2.45, 2.75) is 6.18 Å². The molecular formula is C11H11ClF3N. The van der Waals surface area contributed by atoms with Crippen molar-refractivity contribution >= 4 is 17.7 Å².